The van der Waals surface area contributed by atoms with E-state index in [0.29, 0.717) is 12.2 Å². The van der Waals surface area contributed by atoms with Crippen molar-refractivity contribution in [1.29, 1.82) is 0 Å². The Kier molecular flexibility index (Phi) is 4.31. The average molecular weight is 356 g/mol. The van der Waals surface area contributed by atoms with Crippen LogP contribution < -0.4 is 10.2 Å². The summed E-state index contributed by atoms with van der Waals surface area (Å²) in [6.07, 6.45) is 5.09. The molecule has 5 nitrogen and oxygen atoms in total. The van der Waals surface area contributed by atoms with Gasteiger partial charge in [0.1, 0.15) is 5.82 Å². The van der Waals surface area contributed by atoms with Gasteiger partial charge >= 0.3 is 0 Å². The quantitative estimate of drug-likeness (QED) is 0.778. The molecule has 1 aliphatic heterocycles. The van der Waals surface area contributed by atoms with Gasteiger partial charge in [0.2, 0.25) is 5.91 Å². The van der Waals surface area contributed by atoms with Crippen LogP contribution in [0.25, 0.3) is 10.2 Å². The second-order valence-corrected chi connectivity index (χ2v) is 7.13. The van der Waals surface area contributed by atoms with Crippen LogP contribution in [0.2, 0.25) is 0 Å². The maximum Gasteiger partial charge on any atom is 0.229 e. The van der Waals surface area contributed by atoms with Crippen molar-refractivity contribution in [1.82, 2.24) is 9.97 Å². The van der Waals surface area contributed by atoms with Gasteiger partial charge in [-0.1, -0.05) is 11.3 Å². The Labute approximate surface area is 148 Å². The lowest BCUT2D eigenvalue weighted by molar-refractivity contribution is -0.120. The molecule has 2 aromatic heterocycles. The minimum atomic E-state index is -0.255. The number of rotatable bonds is 3. The normalized spacial score (nSPS) is 17.6. The number of piperidine rings is 1. The first-order valence-electron chi connectivity index (χ1n) is 8.21. The zero-order valence-electron chi connectivity index (χ0n) is 13.5. The van der Waals surface area contributed by atoms with Crippen molar-refractivity contribution in [3.8, 4) is 0 Å². The van der Waals surface area contributed by atoms with Crippen LogP contribution in [-0.2, 0) is 4.79 Å². The van der Waals surface area contributed by atoms with Crippen LogP contribution in [0, 0.1) is 11.7 Å². The highest BCUT2D eigenvalue weighted by Gasteiger charge is 2.27. The second kappa shape index (κ2) is 6.76. The lowest BCUT2D eigenvalue weighted by Crippen LogP contribution is -2.40. The monoisotopic (exact) mass is 356 g/mol. The molecule has 1 fully saturated rings. The Morgan fingerprint density at radius 1 is 1.36 bits per heavy atom. The number of carbonyl (C=O) groups is 1. The van der Waals surface area contributed by atoms with E-state index in [1.807, 2.05) is 6.07 Å². The van der Waals surface area contributed by atoms with Crippen molar-refractivity contribution >= 4 is 38.3 Å². The van der Waals surface area contributed by atoms with Gasteiger partial charge in [-0.15, -0.1) is 0 Å². The van der Waals surface area contributed by atoms with E-state index in [0.717, 1.165) is 34.7 Å². The van der Waals surface area contributed by atoms with Gasteiger partial charge in [-0.05, 0) is 43.2 Å². The summed E-state index contributed by atoms with van der Waals surface area (Å²) in [4.78, 5) is 23.3. The lowest BCUT2D eigenvalue weighted by Gasteiger charge is -2.31. The van der Waals surface area contributed by atoms with Gasteiger partial charge in [-0.2, -0.15) is 0 Å². The van der Waals surface area contributed by atoms with Crippen molar-refractivity contribution in [2.45, 2.75) is 12.8 Å². The van der Waals surface area contributed by atoms with Crippen LogP contribution in [0.1, 0.15) is 12.8 Å². The summed E-state index contributed by atoms with van der Waals surface area (Å²) >= 11 is 1.47. The van der Waals surface area contributed by atoms with E-state index in [1.54, 1.807) is 24.5 Å². The summed E-state index contributed by atoms with van der Waals surface area (Å²) in [5, 5.41) is 3.77. The Morgan fingerprint density at radius 2 is 2.28 bits per heavy atom. The van der Waals surface area contributed by atoms with Crippen LogP contribution in [0.3, 0.4) is 0 Å². The van der Waals surface area contributed by atoms with E-state index >= 15 is 0 Å². The summed E-state index contributed by atoms with van der Waals surface area (Å²) < 4.78 is 14.2. The molecule has 1 amide bonds. The minimum Gasteiger partial charge on any atom is -0.347 e. The number of fused-ring (bicyclic) bond motifs is 1. The van der Waals surface area contributed by atoms with E-state index in [4.69, 9.17) is 0 Å². The fourth-order valence-electron chi connectivity index (χ4n) is 3.07. The number of hydrogen-bond acceptors (Lipinski definition) is 5. The molecule has 1 aromatic carbocycles. The number of amides is 1. The number of carbonyl (C=O) groups excluding carboxylic acids is 1. The molecule has 1 atom stereocenters. The molecule has 128 valence electrons. The average Bonchev–Trinajstić information content (AvgIpc) is 3.06. The zero-order chi connectivity index (χ0) is 17.2. The van der Waals surface area contributed by atoms with Crippen LogP contribution in [0.15, 0.2) is 42.7 Å². The molecule has 7 heteroatoms. The van der Waals surface area contributed by atoms with Crippen molar-refractivity contribution in [3.63, 3.8) is 0 Å². The number of aromatic nitrogens is 2. The molecular formula is C18H17FN4OS. The SMILES string of the molecule is O=C(Nc1cccnc1)C1CCCN(c2nc3ccc(F)cc3s2)C1. The van der Waals surface area contributed by atoms with E-state index in [-0.39, 0.29) is 17.6 Å². The maximum atomic E-state index is 13.4. The second-order valence-electron chi connectivity index (χ2n) is 6.12. The summed E-state index contributed by atoms with van der Waals surface area (Å²) in [5.41, 5.74) is 1.50. The zero-order valence-corrected chi connectivity index (χ0v) is 14.3. The van der Waals surface area contributed by atoms with E-state index in [2.05, 4.69) is 20.2 Å². The predicted octanol–water partition coefficient (Wildman–Crippen LogP) is 3.69. The van der Waals surface area contributed by atoms with Crippen molar-refractivity contribution in [2.24, 2.45) is 5.92 Å². The first-order chi connectivity index (χ1) is 12.2. The van der Waals surface area contributed by atoms with Gasteiger partial charge < -0.3 is 10.2 Å². The summed E-state index contributed by atoms with van der Waals surface area (Å²) in [6.45, 7) is 1.48. The molecule has 1 N–H and O–H groups in total. The standard InChI is InChI=1S/C18H17FN4OS/c19-13-5-6-15-16(9-13)25-18(22-15)23-8-2-3-12(11-23)17(24)21-14-4-1-7-20-10-14/h1,4-7,9-10,12H,2-3,8,11H2,(H,21,24). The maximum absolute atomic E-state index is 13.4. The topological polar surface area (TPSA) is 58.1 Å². The van der Waals surface area contributed by atoms with Crippen LogP contribution in [0.5, 0.6) is 0 Å². The molecule has 3 heterocycles. The number of thiazole rings is 1. The summed E-state index contributed by atoms with van der Waals surface area (Å²) in [7, 11) is 0. The molecule has 4 rings (SSSR count). The highest BCUT2D eigenvalue weighted by atomic mass is 32.1. The van der Waals surface area contributed by atoms with Gasteiger partial charge in [0.25, 0.3) is 0 Å². The molecule has 0 spiro atoms. The predicted molar refractivity (Wildman–Crippen MR) is 97.4 cm³/mol. The van der Waals surface area contributed by atoms with Crippen LogP contribution in [0.4, 0.5) is 15.2 Å². The van der Waals surface area contributed by atoms with Crippen LogP contribution >= 0.6 is 11.3 Å². The third-order valence-electron chi connectivity index (χ3n) is 4.33. The number of anilines is 2. The van der Waals surface area contributed by atoms with E-state index < -0.39 is 0 Å². The summed E-state index contributed by atoms with van der Waals surface area (Å²) in [6, 6.07) is 8.25. The molecule has 1 saturated heterocycles. The Balaban J connectivity index is 1.49. The molecule has 1 aliphatic rings. The Bertz CT molecular complexity index is 898. The van der Waals surface area contributed by atoms with Gasteiger partial charge in [-0.25, -0.2) is 9.37 Å². The number of halogens is 1. The minimum absolute atomic E-state index is 0.00450. The van der Waals surface area contributed by atoms with Gasteiger partial charge in [0, 0.05) is 19.3 Å². The number of nitrogens with one attached hydrogen (secondary N) is 1. The third kappa shape index (κ3) is 3.46. The van der Waals surface area contributed by atoms with Crippen molar-refractivity contribution in [3.05, 3.63) is 48.5 Å². The molecule has 0 saturated carbocycles. The fourth-order valence-corrected chi connectivity index (χ4v) is 4.09. The first-order valence-corrected chi connectivity index (χ1v) is 9.02. The third-order valence-corrected chi connectivity index (χ3v) is 5.41. The summed E-state index contributed by atoms with van der Waals surface area (Å²) in [5.74, 6) is -0.349. The lowest BCUT2D eigenvalue weighted by atomic mass is 9.97. The molecule has 0 radical (unpaired) electrons. The first kappa shape index (κ1) is 16.0. The van der Waals surface area contributed by atoms with Crippen molar-refractivity contribution in [2.75, 3.05) is 23.3 Å². The fraction of sp³-hybridized carbons (Fsp3) is 0.278. The van der Waals surface area contributed by atoms with E-state index in [1.165, 1.54) is 23.5 Å². The Hall–Kier alpha value is -2.54. The number of benzene rings is 1. The van der Waals surface area contributed by atoms with E-state index in [9.17, 15) is 9.18 Å². The van der Waals surface area contributed by atoms with Gasteiger partial charge in [0.05, 0.1) is 28.0 Å². The molecule has 1 unspecified atom stereocenters. The highest BCUT2D eigenvalue weighted by molar-refractivity contribution is 7.22. The van der Waals surface area contributed by atoms with Gasteiger partial charge in [0.15, 0.2) is 5.13 Å². The number of pyridine rings is 1. The van der Waals surface area contributed by atoms with Gasteiger partial charge in [-0.3, -0.25) is 9.78 Å². The smallest absolute Gasteiger partial charge is 0.229 e. The van der Waals surface area contributed by atoms with Crippen LogP contribution in [-0.4, -0.2) is 29.0 Å². The molecule has 0 aliphatic carbocycles. The number of nitrogens with zero attached hydrogens (tertiary/aromatic N) is 3. The molecule has 3 aromatic rings. The molecular weight excluding hydrogens is 339 g/mol. The largest absolute Gasteiger partial charge is 0.347 e. The molecule has 25 heavy (non-hydrogen) atoms. The van der Waals surface area contributed by atoms with Crippen molar-refractivity contribution < 1.29 is 9.18 Å². The Morgan fingerprint density at radius 3 is 3.12 bits per heavy atom. The molecule has 0 bridgehead atoms. The highest BCUT2D eigenvalue weighted by Crippen LogP contribution is 2.32. The number of hydrogen-bond donors (Lipinski definition) is 1.